The molecule has 0 fully saturated rings. The molecule has 5 rings (SSSR count). The molecule has 0 aliphatic rings. The van der Waals surface area contributed by atoms with Crippen molar-refractivity contribution in [2.75, 3.05) is 0 Å². The maximum Gasteiger partial charge on any atom is 0.416 e. The largest absolute Gasteiger partial charge is 0.478 e. The van der Waals surface area contributed by atoms with Gasteiger partial charge in [-0.1, -0.05) is 71.7 Å². The summed E-state index contributed by atoms with van der Waals surface area (Å²) in [7, 11) is 0. The van der Waals surface area contributed by atoms with Crippen molar-refractivity contribution in [3.8, 4) is 22.4 Å². The summed E-state index contributed by atoms with van der Waals surface area (Å²) in [6.45, 7) is 0.474. The fourth-order valence-electron chi connectivity index (χ4n) is 4.56. The number of nitrogens with zero attached hydrogens (tertiary/aromatic N) is 2. The average molecular weight is 595 g/mol. The summed E-state index contributed by atoms with van der Waals surface area (Å²) in [5.74, 6) is -0.186. The standard InChI is InChI=1S/C32H23Cl2F3N2O2/c33-26-13-14-27(28(34)17-26)29-19-39(18-21-6-11-23(12-7-21)31(40)41)30(38-29)15-8-20-4-9-22(10-5-20)24-2-1-3-25(16-24)32(35,36)37/h1-7,9-14,16-17,19H,8,15,18H2,(H,40,41). The molecule has 0 spiro atoms. The molecule has 5 aromatic rings. The van der Waals surface area contributed by atoms with Gasteiger partial charge in [0, 0.05) is 29.7 Å². The van der Waals surface area contributed by atoms with Crippen LogP contribution >= 0.6 is 23.2 Å². The molecule has 1 N–H and O–H groups in total. The monoisotopic (exact) mass is 594 g/mol. The van der Waals surface area contributed by atoms with Crippen LogP contribution in [0, 0.1) is 0 Å². The quantitative estimate of drug-likeness (QED) is 0.195. The Balaban J connectivity index is 1.38. The van der Waals surface area contributed by atoms with Crippen LogP contribution in [0.2, 0.25) is 10.0 Å². The molecule has 0 atom stereocenters. The van der Waals surface area contributed by atoms with Crippen molar-refractivity contribution >= 4 is 29.2 Å². The number of carboxylic acids is 1. The summed E-state index contributed by atoms with van der Waals surface area (Å²) in [5.41, 5.74) is 4.07. The zero-order valence-corrected chi connectivity index (χ0v) is 23.0. The summed E-state index contributed by atoms with van der Waals surface area (Å²) < 4.78 is 41.4. The maximum atomic E-state index is 13.1. The van der Waals surface area contributed by atoms with Crippen molar-refractivity contribution in [3.63, 3.8) is 0 Å². The first-order valence-corrected chi connectivity index (χ1v) is 13.4. The lowest BCUT2D eigenvalue weighted by atomic mass is 10.0. The van der Waals surface area contributed by atoms with E-state index in [-0.39, 0.29) is 5.56 Å². The second-order valence-electron chi connectivity index (χ2n) is 9.57. The number of benzene rings is 4. The fourth-order valence-corrected chi connectivity index (χ4v) is 5.07. The zero-order valence-electron chi connectivity index (χ0n) is 21.5. The minimum Gasteiger partial charge on any atom is -0.478 e. The number of halogens is 5. The number of imidazole rings is 1. The lowest BCUT2D eigenvalue weighted by Gasteiger charge is -2.10. The average Bonchev–Trinajstić information content (AvgIpc) is 3.34. The van der Waals surface area contributed by atoms with Gasteiger partial charge in [0.15, 0.2) is 0 Å². The second-order valence-corrected chi connectivity index (χ2v) is 10.4. The van der Waals surface area contributed by atoms with Crippen molar-refractivity contribution in [3.05, 3.63) is 135 Å². The molecule has 0 amide bonds. The molecular weight excluding hydrogens is 572 g/mol. The van der Waals surface area contributed by atoms with Crippen LogP contribution in [0.3, 0.4) is 0 Å². The third-order valence-electron chi connectivity index (χ3n) is 6.73. The lowest BCUT2D eigenvalue weighted by Crippen LogP contribution is -2.06. The highest BCUT2D eigenvalue weighted by atomic mass is 35.5. The Morgan fingerprint density at radius 1 is 0.829 bits per heavy atom. The van der Waals surface area contributed by atoms with E-state index in [1.807, 2.05) is 41.1 Å². The van der Waals surface area contributed by atoms with Crippen molar-refractivity contribution in [1.29, 1.82) is 0 Å². The number of hydrogen-bond donors (Lipinski definition) is 1. The molecule has 0 saturated carbocycles. The zero-order chi connectivity index (χ0) is 29.1. The number of alkyl halides is 3. The van der Waals surface area contributed by atoms with Crippen molar-refractivity contribution in [2.45, 2.75) is 25.6 Å². The molecule has 9 heteroatoms. The molecule has 0 unspecified atom stereocenters. The number of aromatic nitrogens is 2. The summed E-state index contributed by atoms with van der Waals surface area (Å²) in [5, 5.41) is 10.2. The number of hydrogen-bond acceptors (Lipinski definition) is 2. The first-order valence-electron chi connectivity index (χ1n) is 12.7. The molecule has 208 valence electrons. The molecule has 0 saturated heterocycles. The Kier molecular flexibility index (Phi) is 8.20. The van der Waals surface area contributed by atoms with Gasteiger partial charge in [-0.05, 0) is 71.1 Å². The molecule has 4 nitrogen and oxygen atoms in total. The molecular formula is C32H23Cl2F3N2O2. The Morgan fingerprint density at radius 3 is 2.20 bits per heavy atom. The lowest BCUT2D eigenvalue weighted by molar-refractivity contribution is -0.137. The molecule has 41 heavy (non-hydrogen) atoms. The van der Waals surface area contributed by atoms with Crippen LogP contribution in [0.25, 0.3) is 22.4 Å². The highest BCUT2D eigenvalue weighted by Gasteiger charge is 2.30. The number of carbonyl (C=O) groups is 1. The van der Waals surface area contributed by atoms with E-state index in [9.17, 15) is 23.1 Å². The van der Waals surface area contributed by atoms with Gasteiger partial charge in [-0.25, -0.2) is 9.78 Å². The van der Waals surface area contributed by atoms with Gasteiger partial charge in [0.1, 0.15) is 5.82 Å². The first kappa shape index (κ1) is 28.5. The molecule has 4 aromatic carbocycles. The van der Waals surface area contributed by atoms with E-state index in [1.165, 1.54) is 6.07 Å². The van der Waals surface area contributed by atoms with Crippen LogP contribution in [0.1, 0.15) is 32.9 Å². The van der Waals surface area contributed by atoms with Crippen molar-refractivity contribution in [1.82, 2.24) is 9.55 Å². The Labute approximate surface area is 244 Å². The van der Waals surface area contributed by atoms with Crippen LogP contribution in [0.15, 0.2) is 97.2 Å². The van der Waals surface area contributed by atoms with Gasteiger partial charge in [-0.2, -0.15) is 13.2 Å². The highest BCUT2D eigenvalue weighted by Crippen LogP contribution is 2.33. The van der Waals surface area contributed by atoms with E-state index < -0.39 is 17.7 Å². The van der Waals surface area contributed by atoms with E-state index in [4.69, 9.17) is 28.2 Å². The predicted octanol–water partition coefficient (Wildman–Crippen LogP) is 9.07. The minimum atomic E-state index is -4.40. The van der Waals surface area contributed by atoms with E-state index in [0.29, 0.717) is 46.3 Å². The summed E-state index contributed by atoms with van der Waals surface area (Å²) >= 11 is 12.5. The van der Waals surface area contributed by atoms with Crippen LogP contribution in [-0.2, 0) is 25.6 Å². The molecule has 0 bridgehead atoms. The van der Waals surface area contributed by atoms with Crippen LogP contribution in [0.4, 0.5) is 13.2 Å². The Bertz CT molecular complexity index is 1700. The maximum absolute atomic E-state index is 13.1. The van der Waals surface area contributed by atoms with E-state index in [1.54, 1.807) is 42.5 Å². The smallest absolute Gasteiger partial charge is 0.416 e. The molecule has 1 heterocycles. The highest BCUT2D eigenvalue weighted by molar-refractivity contribution is 6.36. The normalized spacial score (nSPS) is 11.5. The third kappa shape index (κ3) is 6.81. The van der Waals surface area contributed by atoms with E-state index in [2.05, 4.69) is 0 Å². The van der Waals surface area contributed by atoms with Crippen molar-refractivity contribution < 1.29 is 23.1 Å². The fraction of sp³-hybridized carbons (Fsp3) is 0.125. The summed E-state index contributed by atoms with van der Waals surface area (Å²) in [4.78, 5) is 16.1. The number of aryl methyl sites for hydroxylation is 2. The minimum absolute atomic E-state index is 0.210. The molecule has 0 radical (unpaired) electrons. The Morgan fingerprint density at radius 2 is 1.54 bits per heavy atom. The second kappa shape index (κ2) is 11.8. The molecule has 0 aliphatic carbocycles. The predicted molar refractivity (Wildman–Crippen MR) is 154 cm³/mol. The van der Waals surface area contributed by atoms with Gasteiger partial charge >= 0.3 is 12.1 Å². The van der Waals surface area contributed by atoms with Crippen molar-refractivity contribution in [2.24, 2.45) is 0 Å². The molecule has 0 aliphatic heterocycles. The number of rotatable bonds is 8. The topological polar surface area (TPSA) is 55.1 Å². The van der Waals surface area contributed by atoms with E-state index in [0.717, 1.165) is 34.6 Å². The van der Waals surface area contributed by atoms with E-state index >= 15 is 0 Å². The van der Waals surface area contributed by atoms with Crippen LogP contribution in [0.5, 0.6) is 0 Å². The number of aromatic carboxylic acids is 1. The first-order chi connectivity index (χ1) is 19.6. The van der Waals surface area contributed by atoms with Gasteiger partial charge in [-0.3, -0.25) is 0 Å². The van der Waals surface area contributed by atoms with Gasteiger partial charge in [-0.15, -0.1) is 0 Å². The SMILES string of the molecule is O=C(O)c1ccc(Cn2cc(-c3ccc(Cl)cc3Cl)nc2CCc2ccc(-c3cccc(C(F)(F)F)c3)cc2)cc1. The van der Waals surface area contributed by atoms with Gasteiger partial charge in [0.2, 0.25) is 0 Å². The Hall–Kier alpha value is -4.07. The van der Waals surface area contributed by atoms with Crippen LogP contribution < -0.4 is 0 Å². The summed E-state index contributed by atoms with van der Waals surface area (Å²) in [6, 6.07) is 24.6. The summed E-state index contributed by atoms with van der Waals surface area (Å²) in [6.07, 6.45) is -1.26. The van der Waals surface area contributed by atoms with Gasteiger partial charge < -0.3 is 9.67 Å². The van der Waals surface area contributed by atoms with Gasteiger partial charge in [0.05, 0.1) is 21.8 Å². The third-order valence-corrected chi connectivity index (χ3v) is 7.28. The number of carboxylic acid groups (broad SMARTS) is 1. The van der Waals surface area contributed by atoms with Gasteiger partial charge in [0.25, 0.3) is 0 Å². The molecule has 1 aromatic heterocycles. The van der Waals surface area contributed by atoms with Crippen LogP contribution in [-0.4, -0.2) is 20.6 Å².